The van der Waals surface area contributed by atoms with Crippen molar-refractivity contribution in [1.29, 1.82) is 0 Å². The van der Waals surface area contributed by atoms with Crippen LogP contribution in [0.5, 0.6) is 0 Å². The van der Waals surface area contributed by atoms with Crippen LogP contribution in [0.3, 0.4) is 0 Å². The number of thioether (sulfide) groups is 1. The van der Waals surface area contributed by atoms with Crippen LogP contribution in [0.1, 0.15) is 33.1 Å². The number of hydrogen-bond donors (Lipinski definition) is 2. The highest BCUT2D eigenvalue weighted by molar-refractivity contribution is 7.98. The highest BCUT2D eigenvalue weighted by Crippen LogP contribution is 2.10. The van der Waals surface area contributed by atoms with Crippen LogP contribution in [0.2, 0.25) is 0 Å². The average Bonchev–Trinajstić information content (AvgIpc) is 2.18. The van der Waals surface area contributed by atoms with Crippen molar-refractivity contribution in [3.8, 4) is 0 Å². The molecule has 2 N–H and O–H groups in total. The van der Waals surface area contributed by atoms with E-state index < -0.39 is 5.60 Å². The van der Waals surface area contributed by atoms with E-state index in [0.717, 1.165) is 25.0 Å². The van der Waals surface area contributed by atoms with E-state index >= 15 is 0 Å². The number of hydrogen-bond acceptors (Lipinski definition) is 3. The Morgan fingerprint density at radius 3 is 2.73 bits per heavy atom. The largest absolute Gasteiger partial charge is 0.388 e. The van der Waals surface area contributed by atoms with Gasteiger partial charge in [0.2, 0.25) is 0 Å². The minimum atomic E-state index is -0.596. The maximum atomic E-state index is 9.98. The molecule has 0 spiro atoms. The van der Waals surface area contributed by atoms with E-state index in [1.807, 2.05) is 19.3 Å². The molecule has 0 saturated carbocycles. The van der Waals surface area contributed by atoms with Gasteiger partial charge in [-0.05, 0) is 32.4 Å². The van der Waals surface area contributed by atoms with Crippen molar-refractivity contribution < 1.29 is 5.11 Å². The van der Waals surface area contributed by atoms with Gasteiger partial charge < -0.3 is 10.4 Å². The van der Waals surface area contributed by atoms with Crippen molar-refractivity contribution in [1.82, 2.24) is 5.32 Å². The summed E-state index contributed by atoms with van der Waals surface area (Å²) >= 11 is 1.68. The summed E-state index contributed by atoms with van der Waals surface area (Å²) in [6.07, 6.45) is 7.21. The Balaban J connectivity index is 3.82. The zero-order valence-electron chi connectivity index (χ0n) is 10.3. The second-order valence-electron chi connectivity index (χ2n) is 4.28. The van der Waals surface area contributed by atoms with Crippen LogP contribution >= 0.6 is 11.8 Å². The quantitative estimate of drug-likeness (QED) is 0.598. The van der Waals surface area contributed by atoms with Crippen LogP contribution in [-0.2, 0) is 0 Å². The van der Waals surface area contributed by atoms with E-state index in [0.29, 0.717) is 12.6 Å². The second kappa shape index (κ2) is 8.20. The number of nitrogens with one attached hydrogen (secondary N) is 1. The molecule has 90 valence electrons. The minimum Gasteiger partial charge on any atom is -0.388 e. The van der Waals surface area contributed by atoms with E-state index in [2.05, 4.69) is 18.8 Å². The molecule has 0 aromatic heterocycles. The van der Waals surface area contributed by atoms with Gasteiger partial charge in [-0.25, -0.2) is 0 Å². The lowest BCUT2D eigenvalue weighted by Crippen LogP contribution is -2.44. The maximum absolute atomic E-state index is 9.98. The molecule has 0 aromatic carbocycles. The van der Waals surface area contributed by atoms with Gasteiger partial charge in [0.15, 0.2) is 0 Å². The molecule has 0 aliphatic carbocycles. The fourth-order valence-electron chi connectivity index (χ4n) is 1.50. The Labute approximate surface area is 98.5 Å². The molecule has 0 amide bonds. The Bertz CT molecular complexity index is 171. The average molecular weight is 231 g/mol. The van der Waals surface area contributed by atoms with Gasteiger partial charge in [-0.15, -0.1) is 6.58 Å². The monoisotopic (exact) mass is 231 g/mol. The molecule has 0 radical (unpaired) electrons. The Kier molecular flexibility index (Phi) is 8.20. The SMILES string of the molecule is C=CCCC(CC)NCC(C)(O)CSC. The summed E-state index contributed by atoms with van der Waals surface area (Å²) in [5.41, 5.74) is -0.596. The van der Waals surface area contributed by atoms with Crippen molar-refractivity contribution in [2.45, 2.75) is 44.8 Å². The Morgan fingerprint density at radius 1 is 1.60 bits per heavy atom. The number of allylic oxidation sites excluding steroid dienone is 1. The Morgan fingerprint density at radius 2 is 2.27 bits per heavy atom. The highest BCUT2D eigenvalue weighted by atomic mass is 32.2. The molecule has 0 saturated heterocycles. The van der Waals surface area contributed by atoms with Gasteiger partial charge >= 0.3 is 0 Å². The topological polar surface area (TPSA) is 32.3 Å². The number of aliphatic hydroxyl groups is 1. The fourth-order valence-corrected chi connectivity index (χ4v) is 2.22. The van der Waals surface area contributed by atoms with E-state index in [9.17, 15) is 5.11 Å². The zero-order valence-corrected chi connectivity index (χ0v) is 11.1. The summed E-state index contributed by atoms with van der Waals surface area (Å²) in [5.74, 6) is 0.776. The highest BCUT2D eigenvalue weighted by Gasteiger charge is 2.20. The van der Waals surface area contributed by atoms with Gasteiger partial charge in [-0.2, -0.15) is 11.8 Å². The van der Waals surface area contributed by atoms with E-state index in [4.69, 9.17) is 0 Å². The molecule has 0 heterocycles. The number of rotatable bonds is 9. The van der Waals surface area contributed by atoms with Crippen LogP contribution in [0, 0.1) is 0 Å². The molecule has 0 aliphatic rings. The summed E-state index contributed by atoms with van der Waals surface area (Å²) in [7, 11) is 0. The molecule has 0 aromatic rings. The third-order valence-electron chi connectivity index (χ3n) is 2.44. The first-order chi connectivity index (χ1) is 7.05. The third-order valence-corrected chi connectivity index (χ3v) is 3.35. The van der Waals surface area contributed by atoms with Gasteiger partial charge in [0.05, 0.1) is 5.60 Å². The minimum absolute atomic E-state index is 0.497. The van der Waals surface area contributed by atoms with Crippen molar-refractivity contribution in [2.75, 3.05) is 18.6 Å². The molecule has 0 fully saturated rings. The molecule has 2 atom stereocenters. The zero-order chi connectivity index (χ0) is 11.7. The maximum Gasteiger partial charge on any atom is 0.0833 e. The van der Waals surface area contributed by atoms with Gasteiger partial charge in [-0.1, -0.05) is 13.0 Å². The van der Waals surface area contributed by atoms with E-state index in [-0.39, 0.29) is 0 Å². The first kappa shape index (κ1) is 15.0. The van der Waals surface area contributed by atoms with Crippen LogP contribution < -0.4 is 5.32 Å². The van der Waals surface area contributed by atoms with Gasteiger partial charge in [0, 0.05) is 18.3 Å². The molecule has 0 rings (SSSR count). The molecule has 2 nitrogen and oxygen atoms in total. The molecular formula is C12H25NOS. The molecule has 2 unspecified atom stereocenters. The van der Waals surface area contributed by atoms with Gasteiger partial charge in [0.25, 0.3) is 0 Å². The standard InChI is InChI=1S/C12H25NOS/c1-5-7-8-11(6-2)13-9-12(3,14)10-15-4/h5,11,13-14H,1,6-10H2,2-4H3. The predicted molar refractivity (Wildman–Crippen MR) is 70.5 cm³/mol. The van der Waals surface area contributed by atoms with Crippen LogP contribution in [0.25, 0.3) is 0 Å². The normalized spacial score (nSPS) is 17.1. The Hall–Kier alpha value is 0.0100. The van der Waals surface area contributed by atoms with Crippen LogP contribution in [0.4, 0.5) is 0 Å². The third kappa shape index (κ3) is 7.88. The van der Waals surface area contributed by atoms with Gasteiger partial charge in [-0.3, -0.25) is 0 Å². The lowest BCUT2D eigenvalue weighted by Gasteiger charge is -2.26. The lowest BCUT2D eigenvalue weighted by atomic mass is 10.1. The van der Waals surface area contributed by atoms with E-state index in [1.165, 1.54) is 0 Å². The molecule has 15 heavy (non-hydrogen) atoms. The second-order valence-corrected chi connectivity index (χ2v) is 5.15. The predicted octanol–water partition coefficient (Wildman–Crippen LogP) is 2.43. The first-order valence-electron chi connectivity index (χ1n) is 5.61. The van der Waals surface area contributed by atoms with Crippen molar-refractivity contribution >= 4 is 11.8 Å². The molecule has 3 heteroatoms. The molecule has 0 bridgehead atoms. The van der Waals surface area contributed by atoms with Crippen LogP contribution in [0.15, 0.2) is 12.7 Å². The van der Waals surface area contributed by atoms with Crippen LogP contribution in [-0.4, -0.2) is 35.3 Å². The summed E-state index contributed by atoms with van der Waals surface area (Å²) < 4.78 is 0. The first-order valence-corrected chi connectivity index (χ1v) is 7.00. The summed E-state index contributed by atoms with van der Waals surface area (Å²) in [4.78, 5) is 0. The molecular weight excluding hydrogens is 206 g/mol. The van der Waals surface area contributed by atoms with Crippen molar-refractivity contribution in [2.24, 2.45) is 0 Å². The van der Waals surface area contributed by atoms with E-state index in [1.54, 1.807) is 11.8 Å². The smallest absolute Gasteiger partial charge is 0.0833 e. The van der Waals surface area contributed by atoms with Crippen molar-refractivity contribution in [3.05, 3.63) is 12.7 Å². The summed E-state index contributed by atoms with van der Waals surface area (Å²) in [6, 6.07) is 0.497. The van der Waals surface area contributed by atoms with Gasteiger partial charge in [0.1, 0.15) is 0 Å². The lowest BCUT2D eigenvalue weighted by molar-refractivity contribution is 0.0808. The molecule has 0 aliphatic heterocycles. The van der Waals surface area contributed by atoms with Crippen molar-refractivity contribution in [3.63, 3.8) is 0 Å². The summed E-state index contributed by atoms with van der Waals surface area (Å²) in [5, 5.41) is 13.4. The fraction of sp³-hybridized carbons (Fsp3) is 0.833. The summed E-state index contributed by atoms with van der Waals surface area (Å²) in [6.45, 7) is 8.45.